The van der Waals surface area contributed by atoms with Gasteiger partial charge in [0.1, 0.15) is 11.6 Å². The van der Waals surface area contributed by atoms with Gasteiger partial charge in [0.15, 0.2) is 10.6 Å². The lowest BCUT2D eigenvalue weighted by atomic mass is 9.69. The number of nitrogen functional groups attached to an aromatic ring is 1. The van der Waals surface area contributed by atoms with Gasteiger partial charge in [-0.3, -0.25) is 4.79 Å². The van der Waals surface area contributed by atoms with Gasteiger partial charge in [-0.15, -0.1) is 0 Å². The largest absolute Gasteiger partial charge is 0.385 e. The van der Waals surface area contributed by atoms with Crippen molar-refractivity contribution >= 4 is 29.6 Å². The van der Waals surface area contributed by atoms with Crippen molar-refractivity contribution in [2.24, 2.45) is 5.41 Å². The van der Waals surface area contributed by atoms with Crippen LogP contribution in [-0.2, 0) is 4.79 Å². The number of rotatable bonds is 1. The Labute approximate surface area is 151 Å². The van der Waals surface area contributed by atoms with Crippen LogP contribution in [0.25, 0.3) is 0 Å². The highest BCUT2D eigenvalue weighted by atomic mass is 32.1. The van der Waals surface area contributed by atoms with Crippen molar-refractivity contribution in [1.82, 2.24) is 9.97 Å². The van der Waals surface area contributed by atoms with Crippen molar-refractivity contribution < 1.29 is 4.79 Å². The molecule has 0 bridgehead atoms. The van der Waals surface area contributed by atoms with Crippen molar-refractivity contribution in [3.05, 3.63) is 57.5 Å². The van der Waals surface area contributed by atoms with Crippen molar-refractivity contribution in [2.45, 2.75) is 32.6 Å². The molecule has 4 rings (SSSR count). The predicted octanol–water partition coefficient (Wildman–Crippen LogP) is 3.92. The summed E-state index contributed by atoms with van der Waals surface area (Å²) in [7, 11) is 0. The Balaban J connectivity index is 1.99. The molecular weight excluding hydrogens is 332 g/mol. The molecular formula is C19H20N4OS. The maximum absolute atomic E-state index is 13.0. The summed E-state index contributed by atoms with van der Waals surface area (Å²) in [6.45, 7) is 4.23. The average molecular weight is 352 g/mol. The van der Waals surface area contributed by atoms with Gasteiger partial charge in [-0.25, -0.2) is 4.98 Å². The predicted molar refractivity (Wildman–Crippen MR) is 101 cm³/mol. The molecule has 25 heavy (non-hydrogen) atoms. The number of fused-ring (bicyclic) bond motifs is 1. The standard InChI is InChI=1S/C19H20N4OS/c1-19(2)8-11-14(12(24)9-19)13(10-6-4-3-5-7-10)15-16(20)22-18(25)23-17(15)21-11/h3-7,13H,8-9H2,1-2H3,(H4,20,21,22,23,25). The molecule has 1 atom stereocenters. The molecule has 0 amide bonds. The number of aromatic amines is 1. The van der Waals surface area contributed by atoms with Crippen LogP contribution in [0, 0.1) is 10.2 Å². The molecule has 1 aromatic heterocycles. The van der Waals surface area contributed by atoms with E-state index in [1.54, 1.807) is 0 Å². The molecule has 1 aliphatic heterocycles. The Morgan fingerprint density at radius 1 is 1.24 bits per heavy atom. The molecule has 0 radical (unpaired) electrons. The van der Waals surface area contributed by atoms with Gasteiger partial charge in [-0.1, -0.05) is 44.2 Å². The third kappa shape index (κ3) is 2.66. The zero-order valence-electron chi connectivity index (χ0n) is 14.2. The zero-order valence-corrected chi connectivity index (χ0v) is 15.0. The topological polar surface area (TPSA) is 83.8 Å². The van der Waals surface area contributed by atoms with E-state index in [0.29, 0.717) is 22.8 Å². The summed E-state index contributed by atoms with van der Waals surface area (Å²) in [6, 6.07) is 9.97. The molecule has 0 saturated heterocycles. The highest BCUT2D eigenvalue weighted by molar-refractivity contribution is 7.71. The van der Waals surface area contributed by atoms with Crippen LogP contribution in [0.15, 0.2) is 41.6 Å². The summed E-state index contributed by atoms with van der Waals surface area (Å²) >= 11 is 5.19. The van der Waals surface area contributed by atoms with E-state index in [4.69, 9.17) is 18.0 Å². The van der Waals surface area contributed by atoms with E-state index in [0.717, 1.165) is 28.8 Å². The van der Waals surface area contributed by atoms with Crippen LogP contribution in [0.2, 0.25) is 0 Å². The second kappa shape index (κ2) is 5.52. The van der Waals surface area contributed by atoms with E-state index >= 15 is 0 Å². The molecule has 0 saturated carbocycles. The summed E-state index contributed by atoms with van der Waals surface area (Å²) in [5, 5.41) is 3.35. The number of hydrogen-bond donors (Lipinski definition) is 3. The molecule has 5 nitrogen and oxygen atoms in total. The van der Waals surface area contributed by atoms with E-state index in [2.05, 4.69) is 29.1 Å². The third-order valence-electron chi connectivity index (χ3n) is 4.90. The number of H-pyrrole nitrogens is 1. The molecule has 1 unspecified atom stereocenters. The van der Waals surface area contributed by atoms with Crippen LogP contribution in [0.5, 0.6) is 0 Å². The number of allylic oxidation sites excluding steroid dienone is 2. The summed E-state index contributed by atoms with van der Waals surface area (Å²) in [5.74, 6) is 1.05. The van der Waals surface area contributed by atoms with Gasteiger partial charge in [0, 0.05) is 29.2 Å². The minimum absolute atomic E-state index is 0.0785. The Hall–Kier alpha value is -2.47. The average Bonchev–Trinajstić information content (AvgIpc) is 2.52. The number of hydrogen-bond acceptors (Lipinski definition) is 5. The van der Waals surface area contributed by atoms with Crippen molar-refractivity contribution in [3.8, 4) is 0 Å². The Kier molecular flexibility index (Phi) is 3.54. The lowest BCUT2D eigenvalue weighted by Gasteiger charge is -2.39. The number of carbonyl (C=O) groups excluding carboxylic acids is 1. The van der Waals surface area contributed by atoms with Crippen molar-refractivity contribution in [3.63, 3.8) is 0 Å². The second-order valence-corrected chi connectivity index (χ2v) is 7.91. The molecule has 0 fully saturated rings. The number of nitrogens with one attached hydrogen (secondary N) is 2. The Morgan fingerprint density at radius 2 is 1.96 bits per heavy atom. The molecule has 6 heteroatoms. The maximum atomic E-state index is 13.0. The lowest BCUT2D eigenvalue weighted by Crippen LogP contribution is -2.34. The number of ketones is 1. The van der Waals surface area contributed by atoms with Crippen molar-refractivity contribution in [2.75, 3.05) is 11.1 Å². The summed E-state index contributed by atoms with van der Waals surface area (Å²) in [4.78, 5) is 20.4. The normalized spacial score (nSPS) is 21.4. The minimum atomic E-state index is -0.226. The van der Waals surface area contributed by atoms with E-state index in [9.17, 15) is 4.79 Å². The molecule has 1 aliphatic carbocycles. The smallest absolute Gasteiger partial charge is 0.200 e. The summed E-state index contributed by atoms with van der Waals surface area (Å²) in [5.41, 5.74) is 9.75. The first-order valence-electron chi connectivity index (χ1n) is 8.34. The van der Waals surface area contributed by atoms with Gasteiger partial charge >= 0.3 is 0 Å². The van der Waals surface area contributed by atoms with E-state index in [1.165, 1.54) is 0 Å². The van der Waals surface area contributed by atoms with Gasteiger partial charge in [-0.05, 0) is 29.6 Å². The number of anilines is 2. The summed E-state index contributed by atoms with van der Waals surface area (Å²) < 4.78 is 0.334. The van der Waals surface area contributed by atoms with Gasteiger partial charge in [0.05, 0.1) is 0 Å². The van der Waals surface area contributed by atoms with Crippen LogP contribution < -0.4 is 11.1 Å². The molecule has 2 aliphatic rings. The number of aromatic nitrogens is 2. The van der Waals surface area contributed by atoms with E-state index < -0.39 is 0 Å². The zero-order chi connectivity index (χ0) is 17.8. The van der Waals surface area contributed by atoms with Crippen LogP contribution in [-0.4, -0.2) is 15.8 Å². The number of nitrogens with zero attached hydrogens (tertiary/aromatic N) is 1. The molecule has 2 aromatic rings. The van der Waals surface area contributed by atoms with Crippen LogP contribution in [0.3, 0.4) is 0 Å². The number of Topliss-reactive ketones (excluding diaryl/α,β-unsaturated/α-hetero) is 1. The number of nitrogens with two attached hydrogens (primary N) is 1. The van der Waals surface area contributed by atoms with Gasteiger partial charge < -0.3 is 16.0 Å². The monoisotopic (exact) mass is 352 g/mol. The fourth-order valence-electron chi connectivity index (χ4n) is 3.93. The van der Waals surface area contributed by atoms with Crippen LogP contribution >= 0.6 is 12.2 Å². The van der Waals surface area contributed by atoms with E-state index in [-0.39, 0.29) is 17.1 Å². The summed E-state index contributed by atoms with van der Waals surface area (Å²) in [6.07, 6.45) is 1.33. The van der Waals surface area contributed by atoms with Crippen LogP contribution in [0.4, 0.5) is 11.6 Å². The van der Waals surface area contributed by atoms with Gasteiger partial charge in [-0.2, -0.15) is 0 Å². The Bertz CT molecular complexity index is 959. The minimum Gasteiger partial charge on any atom is -0.385 e. The fourth-order valence-corrected chi connectivity index (χ4v) is 4.14. The van der Waals surface area contributed by atoms with E-state index in [1.807, 2.05) is 30.3 Å². The molecule has 128 valence electrons. The number of benzene rings is 1. The quantitative estimate of drug-likeness (QED) is 0.678. The van der Waals surface area contributed by atoms with Crippen molar-refractivity contribution in [1.29, 1.82) is 0 Å². The molecule has 1 aromatic carbocycles. The highest BCUT2D eigenvalue weighted by Crippen LogP contribution is 2.49. The lowest BCUT2D eigenvalue weighted by molar-refractivity contribution is -0.118. The third-order valence-corrected chi connectivity index (χ3v) is 5.09. The fraction of sp³-hybridized carbons (Fsp3) is 0.316. The molecule has 0 spiro atoms. The van der Waals surface area contributed by atoms with Gasteiger partial charge in [0.2, 0.25) is 0 Å². The number of carbonyl (C=O) groups is 1. The highest BCUT2D eigenvalue weighted by Gasteiger charge is 2.41. The van der Waals surface area contributed by atoms with Crippen LogP contribution in [0.1, 0.15) is 43.7 Å². The molecule has 4 N–H and O–H groups in total. The second-order valence-electron chi connectivity index (χ2n) is 7.52. The first-order valence-corrected chi connectivity index (χ1v) is 8.74. The SMILES string of the molecule is CC1(C)CC(=O)C2=C(C1)Nc1nc(=S)[nH]c(N)c1C2c1ccccc1. The first-order chi connectivity index (χ1) is 11.9. The Morgan fingerprint density at radius 3 is 2.68 bits per heavy atom. The maximum Gasteiger partial charge on any atom is 0.200 e. The first kappa shape index (κ1) is 16.0. The molecule has 2 heterocycles. The van der Waals surface area contributed by atoms with Gasteiger partial charge in [0.25, 0.3) is 0 Å².